The normalized spacial score (nSPS) is 11.4. The van der Waals surface area contributed by atoms with Gasteiger partial charge in [-0.25, -0.2) is 4.98 Å². The van der Waals surface area contributed by atoms with Gasteiger partial charge in [0, 0.05) is 17.3 Å². The lowest BCUT2D eigenvalue weighted by atomic mass is 10.2. The minimum Gasteiger partial charge on any atom is -0.504 e. The van der Waals surface area contributed by atoms with Crippen molar-refractivity contribution in [2.24, 2.45) is 4.99 Å². The van der Waals surface area contributed by atoms with Gasteiger partial charge in [-0.3, -0.25) is 4.99 Å². The van der Waals surface area contributed by atoms with Crippen molar-refractivity contribution in [2.75, 3.05) is 6.61 Å². The monoisotopic (exact) mass is 372 g/mol. The van der Waals surface area contributed by atoms with Crippen LogP contribution < -0.4 is 4.74 Å². The van der Waals surface area contributed by atoms with Gasteiger partial charge >= 0.3 is 0 Å². The van der Waals surface area contributed by atoms with Gasteiger partial charge in [0.05, 0.1) is 12.3 Å². The number of nitrogens with zero attached hydrogens (tertiary/aromatic N) is 2. The van der Waals surface area contributed by atoms with Crippen LogP contribution in [0.3, 0.4) is 0 Å². The maximum atomic E-state index is 10.2. The SMILES string of the molecule is CCOc1cccc(C=Nc2ccc(-c3nc4ccc(C)cc4o3)cc2)c1O. The zero-order valence-electron chi connectivity index (χ0n) is 15.7. The van der Waals surface area contributed by atoms with E-state index in [2.05, 4.69) is 9.98 Å². The van der Waals surface area contributed by atoms with Gasteiger partial charge in [0.15, 0.2) is 17.1 Å². The quantitative estimate of drug-likeness (QED) is 0.459. The van der Waals surface area contributed by atoms with Crippen LogP contribution in [-0.2, 0) is 0 Å². The Kier molecular flexibility index (Phi) is 4.81. The van der Waals surface area contributed by atoms with Crippen molar-refractivity contribution in [3.8, 4) is 23.0 Å². The summed E-state index contributed by atoms with van der Waals surface area (Å²) in [6.07, 6.45) is 1.62. The summed E-state index contributed by atoms with van der Waals surface area (Å²) in [6, 6.07) is 18.9. The lowest BCUT2D eigenvalue weighted by Gasteiger charge is -2.07. The van der Waals surface area contributed by atoms with Gasteiger partial charge in [-0.1, -0.05) is 12.1 Å². The highest BCUT2D eigenvalue weighted by atomic mass is 16.5. The van der Waals surface area contributed by atoms with E-state index in [4.69, 9.17) is 9.15 Å². The van der Waals surface area contributed by atoms with Crippen molar-refractivity contribution in [3.63, 3.8) is 0 Å². The number of aromatic nitrogens is 1. The molecule has 0 saturated heterocycles. The molecule has 1 heterocycles. The maximum absolute atomic E-state index is 10.2. The van der Waals surface area contributed by atoms with Crippen molar-refractivity contribution in [1.82, 2.24) is 4.98 Å². The van der Waals surface area contributed by atoms with Crippen LogP contribution in [0.4, 0.5) is 5.69 Å². The molecular weight excluding hydrogens is 352 g/mol. The molecule has 140 valence electrons. The van der Waals surface area contributed by atoms with Crippen LogP contribution in [0.15, 0.2) is 70.1 Å². The van der Waals surface area contributed by atoms with Gasteiger partial charge in [-0.05, 0) is 67.9 Å². The Bertz CT molecular complexity index is 1140. The molecule has 0 aliphatic heterocycles. The number of benzene rings is 3. The molecule has 0 aliphatic carbocycles. The molecule has 0 radical (unpaired) electrons. The number of oxazole rings is 1. The summed E-state index contributed by atoms with van der Waals surface area (Å²) in [6.45, 7) is 4.39. The number of phenols is 1. The van der Waals surface area contributed by atoms with Gasteiger partial charge in [0.2, 0.25) is 5.89 Å². The highest BCUT2D eigenvalue weighted by molar-refractivity contribution is 5.86. The third-order valence-corrected chi connectivity index (χ3v) is 4.34. The number of hydrogen-bond donors (Lipinski definition) is 1. The van der Waals surface area contributed by atoms with Crippen molar-refractivity contribution < 1.29 is 14.3 Å². The molecule has 5 heteroatoms. The first-order chi connectivity index (χ1) is 13.6. The Morgan fingerprint density at radius 1 is 1.11 bits per heavy atom. The van der Waals surface area contributed by atoms with Crippen LogP contribution in [0.1, 0.15) is 18.1 Å². The minimum atomic E-state index is 0.0893. The van der Waals surface area contributed by atoms with E-state index in [1.807, 2.05) is 62.4 Å². The summed E-state index contributed by atoms with van der Waals surface area (Å²) in [5.74, 6) is 1.12. The highest BCUT2D eigenvalue weighted by Gasteiger charge is 2.09. The van der Waals surface area contributed by atoms with Gasteiger partial charge in [-0.15, -0.1) is 0 Å². The number of hydrogen-bond acceptors (Lipinski definition) is 5. The molecule has 28 heavy (non-hydrogen) atoms. The Labute approximate surface area is 163 Å². The number of rotatable bonds is 5. The second-order valence-electron chi connectivity index (χ2n) is 6.42. The maximum Gasteiger partial charge on any atom is 0.227 e. The molecule has 0 atom stereocenters. The summed E-state index contributed by atoms with van der Waals surface area (Å²) in [5, 5.41) is 10.2. The van der Waals surface area contributed by atoms with Crippen LogP contribution in [-0.4, -0.2) is 22.9 Å². The first-order valence-corrected chi connectivity index (χ1v) is 9.10. The van der Waals surface area contributed by atoms with Crippen molar-refractivity contribution in [1.29, 1.82) is 0 Å². The Balaban J connectivity index is 1.56. The van der Waals surface area contributed by atoms with Crippen LogP contribution >= 0.6 is 0 Å². The number of aliphatic imine (C=N–C) groups is 1. The molecular formula is C23H20N2O3. The Morgan fingerprint density at radius 3 is 2.71 bits per heavy atom. The van der Waals surface area contributed by atoms with Gasteiger partial charge in [0.25, 0.3) is 0 Å². The molecule has 5 nitrogen and oxygen atoms in total. The molecule has 0 bridgehead atoms. The minimum absolute atomic E-state index is 0.0893. The first-order valence-electron chi connectivity index (χ1n) is 9.10. The van der Waals surface area contributed by atoms with E-state index in [9.17, 15) is 5.11 Å². The third kappa shape index (κ3) is 3.60. The fraction of sp³-hybridized carbons (Fsp3) is 0.130. The molecule has 4 rings (SSSR count). The summed E-state index contributed by atoms with van der Waals surface area (Å²) >= 11 is 0. The smallest absolute Gasteiger partial charge is 0.227 e. The number of aromatic hydroxyl groups is 1. The molecule has 0 spiro atoms. The largest absolute Gasteiger partial charge is 0.504 e. The summed E-state index contributed by atoms with van der Waals surface area (Å²) in [5.41, 5.74) is 5.00. The number of ether oxygens (including phenoxy) is 1. The molecule has 1 aromatic heterocycles. The standard InChI is InChI=1S/C23H20N2O3/c1-3-27-20-6-4-5-17(22(20)26)14-24-18-10-8-16(9-11-18)23-25-19-12-7-15(2)13-21(19)28-23/h4-14,26H,3H2,1-2H3. The van der Waals surface area contributed by atoms with Gasteiger partial charge < -0.3 is 14.3 Å². The molecule has 0 fully saturated rings. The number of fused-ring (bicyclic) bond motifs is 1. The molecule has 0 aliphatic rings. The van der Waals surface area contributed by atoms with Crippen LogP contribution in [0.5, 0.6) is 11.5 Å². The molecule has 0 unspecified atom stereocenters. The molecule has 1 N–H and O–H groups in total. The van der Waals surface area contributed by atoms with Crippen molar-refractivity contribution >= 4 is 23.0 Å². The van der Waals surface area contributed by atoms with Crippen LogP contribution in [0, 0.1) is 6.92 Å². The predicted octanol–water partition coefficient (Wildman–Crippen LogP) is 5.66. The summed E-state index contributed by atoms with van der Waals surface area (Å²) in [7, 11) is 0. The lowest BCUT2D eigenvalue weighted by Crippen LogP contribution is -1.93. The lowest BCUT2D eigenvalue weighted by molar-refractivity contribution is 0.318. The number of para-hydroxylation sites is 1. The highest BCUT2D eigenvalue weighted by Crippen LogP contribution is 2.30. The first kappa shape index (κ1) is 17.8. The van der Waals surface area contributed by atoms with E-state index in [0.717, 1.165) is 27.9 Å². The van der Waals surface area contributed by atoms with Crippen molar-refractivity contribution in [3.05, 3.63) is 71.8 Å². The van der Waals surface area contributed by atoms with E-state index in [1.54, 1.807) is 18.3 Å². The molecule has 0 saturated carbocycles. The van der Waals surface area contributed by atoms with Crippen molar-refractivity contribution in [2.45, 2.75) is 13.8 Å². The van der Waals surface area contributed by atoms with Gasteiger partial charge in [0.1, 0.15) is 5.52 Å². The number of phenolic OH excluding ortho intramolecular Hbond substituents is 1. The summed E-state index contributed by atoms with van der Waals surface area (Å²) < 4.78 is 11.3. The molecule has 3 aromatic carbocycles. The Hall–Kier alpha value is -3.60. The summed E-state index contributed by atoms with van der Waals surface area (Å²) in [4.78, 5) is 8.97. The van der Waals surface area contributed by atoms with E-state index in [0.29, 0.717) is 23.8 Å². The van der Waals surface area contributed by atoms with Crippen LogP contribution in [0.25, 0.3) is 22.6 Å². The van der Waals surface area contributed by atoms with Gasteiger partial charge in [-0.2, -0.15) is 0 Å². The zero-order chi connectivity index (χ0) is 19.5. The average molecular weight is 372 g/mol. The second kappa shape index (κ2) is 7.56. The zero-order valence-corrected chi connectivity index (χ0v) is 15.7. The average Bonchev–Trinajstić information content (AvgIpc) is 3.12. The second-order valence-corrected chi connectivity index (χ2v) is 6.42. The number of aryl methyl sites for hydroxylation is 1. The Morgan fingerprint density at radius 2 is 1.93 bits per heavy atom. The topological polar surface area (TPSA) is 67.9 Å². The van der Waals surface area contributed by atoms with E-state index >= 15 is 0 Å². The fourth-order valence-electron chi connectivity index (χ4n) is 2.90. The van der Waals surface area contributed by atoms with Crippen LogP contribution in [0.2, 0.25) is 0 Å². The molecule has 4 aromatic rings. The third-order valence-electron chi connectivity index (χ3n) is 4.34. The molecule has 0 amide bonds. The van der Waals surface area contributed by atoms with E-state index in [-0.39, 0.29) is 5.75 Å². The fourth-order valence-corrected chi connectivity index (χ4v) is 2.90. The predicted molar refractivity (Wildman–Crippen MR) is 111 cm³/mol. The van der Waals surface area contributed by atoms with E-state index < -0.39 is 0 Å². The van der Waals surface area contributed by atoms with E-state index in [1.165, 1.54) is 0 Å².